The normalized spacial score (nSPS) is 11.0. The van der Waals surface area contributed by atoms with E-state index in [1.165, 1.54) is 0 Å². The molecule has 0 aliphatic carbocycles. The van der Waals surface area contributed by atoms with Crippen LogP contribution in [0.3, 0.4) is 0 Å². The lowest BCUT2D eigenvalue weighted by atomic mass is 10.1. The van der Waals surface area contributed by atoms with Crippen LogP contribution in [0.1, 0.15) is 0 Å². The molecule has 0 fully saturated rings. The van der Waals surface area contributed by atoms with Crippen LogP contribution in [0.4, 0.5) is 30.7 Å². The average molecular weight is 311 g/mol. The smallest absolute Gasteiger partial charge is 0.387 e. The summed E-state index contributed by atoms with van der Waals surface area (Å²) in [6.07, 6.45) is 0.824. The minimum atomic E-state index is -3.23. The Bertz CT molecular complexity index is 661. The van der Waals surface area contributed by atoms with E-state index in [0.717, 1.165) is 12.3 Å². The standard InChI is InChI=1S/C12H4F7NO/c13-7-6(8(14)10(16)11(17)9(7)15)5-3-4(1-2-20-5)21-12(18)19/h1-3,12H. The molecule has 1 aromatic heterocycles. The van der Waals surface area contributed by atoms with E-state index in [2.05, 4.69) is 9.72 Å². The second kappa shape index (κ2) is 5.58. The van der Waals surface area contributed by atoms with Crippen molar-refractivity contribution in [1.29, 1.82) is 0 Å². The zero-order valence-electron chi connectivity index (χ0n) is 9.81. The van der Waals surface area contributed by atoms with Crippen LogP contribution >= 0.6 is 0 Å². The summed E-state index contributed by atoms with van der Waals surface area (Å²) in [5.74, 6) is -11.4. The Morgan fingerprint density at radius 2 is 1.38 bits per heavy atom. The zero-order chi connectivity index (χ0) is 15.7. The summed E-state index contributed by atoms with van der Waals surface area (Å²) in [5.41, 5.74) is -2.06. The van der Waals surface area contributed by atoms with Gasteiger partial charge in [-0.25, -0.2) is 22.0 Å². The molecule has 0 saturated carbocycles. The zero-order valence-corrected chi connectivity index (χ0v) is 9.81. The third kappa shape index (κ3) is 2.76. The van der Waals surface area contributed by atoms with Gasteiger partial charge >= 0.3 is 6.61 Å². The lowest BCUT2D eigenvalue weighted by Gasteiger charge is -2.09. The maximum Gasteiger partial charge on any atom is 0.387 e. The Balaban J connectivity index is 2.62. The summed E-state index contributed by atoms with van der Waals surface area (Å²) in [6.45, 7) is -3.23. The van der Waals surface area contributed by atoms with Crippen molar-refractivity contribution in [3.8, 4) is 17.0 Å². The minimum Gasteiger partial charge on any atom is -0.435 e. The van der Waals surface area contributed by atoms with Crippen LogP contribution in [-0.2, 0) is 0 Å². The second-order valence-electron chi connectivity index (χ2n) is 3.70. The molecule has 21 heavy (non-hydrogen) atoms. The molecular weight excluding hydrogens is 307 g/mol. The predicted octanol–water partition coefficient (Wildman–Crippen LogP) is 4.05. The van der Waals surface area contributed by atoms with Gasteiger partial charge < -0.3 is 4.74 Å². The Morgan fingerprint density at radius 3 is 1.90 bits per heavy atom. The number of rotatable bonds is 3. The Kier molecular flexibility index (Phi) is 4.01. The van der Waals surface area contributed by atoms with Crippen LogP contribution in [0.2, 0.25) is 0 Å². The topological polar surface area (TPSA) is 22.1 Å². The number of benzene rings is 1. The molecule has 2 rings (SSSR count). The van der Waals surface area contributed by atoms with Crippen LogP contribution in [0.15, 0.2) is 18.3 Å². The van der Waals surface area contributed by atoms with Gasteiger partial charge in [0.25, 0.3) is 0 Å². The Hall–Kier alpha value is -2.32. The van der Waals surface area contributed by atoms with Crippen molar-refractivity contribution in [1.82, 2.24) is 4.98 Å². The van der Waals surface area contributed by atoms with Crippen LogP contribution < -0.4 is 4.74 Å². The number of aromatic nitrogens is 1. The van der Waals surface area contributed by atoms with Gasteiger partial charge in [0.1, 0.15) is 5.75 Å². The van der Waals surface area contributed by atoms with Crippen molar-refractivity contribution in [2.24, 2.45) is 0 Å². The molecule has 0 saturated heterocycles. The van der Waals surface area contributed by atoms with E-state index in [0.29, 0.717) is 6.07 Å². The van der Waals surface area contributed by atoms with Crippen molar-refractivity contribution >= 4 is 0 Å². The van der Waals surface area contributed by atoms with Gasteiger partial charge in [0, 0.05) is 12.3 Å². The highest BCUT2D eigenvalue weighted by molar-refractivity contribution is 5.62. The van der Waals surface area contributed by atoms with E-state index in [-0.39, 0.29) is 0 Å². The fraction of sp³-hybridized carbons (Fsp3) is 0.0833. The van der Waals surface area contributed by atoms with E-state index < -0.39 is 52.7 Å². The molecule has 0 unspecified atom stereocenters. The molecule has 0 aliphatic heterocycles. The maximum atomic E-state index is 13.5. The van der Waals surface area contributed by atoms with Crippen molar-refractivity contribution in [2.45, 2.75) is 6.61 Å². The molecular formula is C12H4F7NO. The molecule has 2 aromatic rings. The molecule has 0 spiro atoms. The summed E-state index contributed by atoms with van der Waals surface area (Å²) in [5, 5.41) is 0. The molecule has 9 heteroatoms. The largest absolute Gasteiger partial charge is 0.435 e. The highest BCUT2D eigenvalue weighted by Crippen LogP contribution is 2.31. The molecule has 112 valence electrons. The molecule has 0 N–H and O–H groups in total. The molecule has 0 aliphatic rings. The number of ether oxygens (including phenoxy) is 1. The number of hydrogen-bond acceptors (Lipinski definition) is 2. The minimum absolute atomic E-state index is 0.543. The SMILES string of the molecule is Fc1c(F)c(F)c(-c2cc(OC(F)F)ccn2)c(F)c1F. The molecule has 0 atom stereocenters. The van der Waals surface area contributed by atoms with Gasteiger partial charge in [-0.2, -0.15) is 8.78 Å². The maximum absolute atomic E-state index is 13.5. The van der Waals surface area contributed by atoms with Gasteiger partial charge in [-0.05, 0) is 6.07 Å². The van der Waals surface area contributed by atoms with Crippen molar-refractivity contribution < 1.29 is 35.5 Å². The quantitative estimate of drug-likeness (QED) is 0.485. The summed E-state index contributed by atoms with van der Waals surface area (Å²) >= 11 is 0. The van der Waals surface area contributed by atoms with Crippen molar-refractivity contribution in [2.75, 3.05) is 0 Å². The van der Waals surface area contributed by atoms with E-state index in [9.17, 15) is 30.7 Å². The molecule has 0 bridgehead atoms. The Morgan fingerprint density at radius 1 is 0.857 bits per heavy atom. The average Bonchev–Trinajstić information content (AvgIpc) is 2.43. The van der Waals surface area contributed by atoms with Crippen molar-refractivity contribution in [3.63, 3.8) is 0 Å². The molecule has 1 heterocycles. The van der Waals surface area contributed by atoms with E-state index in [1.54, 1.807) is 0 Å². The van der Waals surface area contributed by atoms with E-state index in [1.807, 2.05) is 0 Å². The monoisotopic (exact) mass is 311 g/mol. The summed E-state index contributed by atoms with van der Waals surface area (Å²) in [4.78, 5) is 3.39. The van der Waals surface area contributed by atoms with Crippen molar-refractivity contribution in [3.05, 3.63) is 47.4 Å². The fourth-order valence-corrected chi connectivity index (χ4v) is 1.55. The van der Waals surface area contributed by atoms with Crippen LogP contribution in [0, 0.1) is 29.1 Å². The molecule has 0 amide bonds. The van der Waals surface area contributed by atoms with Crippen LogP contribution in [0.25, 0.3) is 11.3 Å². The van der Waals surface area contributed by atoms with Gasteiger partial charge in [-0.3, -0.25) is 4.98 Å². The van der Waals surface area contributed by atoms with Gasteiger partial charge in [0.05, 0.1) is 11.3 Å². The number of pyridine rings is 1. The first-order chi connectivity index (χ1) is 9.82. The van der Waals surface area contributed by atoms with Gasteiger partial charge in [-0.1, -0.05) is 0 Å². The van der Waals surface area contributed by atoms with Gasteiger partial charge in [0.2, 0.25) is 5.82 Å². The Labute approximate surface area is 112 Å². The fourth-order valence-electron chi connectivity index (χ4n) is 1.55. The second-order valence-corrected chi connectivity index (χ2v) is 3.70. The van der Waals surface area contributed by atoms with Gasteiger partial charge in [0.15, 0.2) is 23.3 Å². The van der Waals surface area contributed by atoms with E-state index >= 15 is 0 Å². The highest BCUT2D eigenvalue weighted by Gasteiger charge is 2.27. The summed E-state index contributed by atoms with van der Waals surface area (Å²) < 4.78 is 94.1. The number of nitrogens with zero attached hydrogens (tertiary/aromatic N) is 1. The number of halogens is 7. The van der Waals surface area contributed by atoms with Crippen LogP contribution in [0.5, 0.6) is 5.75 Å². The highest BCUT2D eigenvalue weighted by atomic mass is 19.3. The number of hydrogen-bond donors (Lipinski definition) is 0. The third-order valence-electron chi connectivity index (χ3n) is 2.42. The first kappa shape index (κ1) is 15.1. The first-order valence-electron chi connectivity index (χ1n) is 5.25. The molecule has 0 radical (unpaired) electrons. The molecule has 1 aromatic carbocycles. The lowest BCUT2D eigenvalue weighted by Crippen LogP contribution is -2.06. The molecule has 2 nitrogen and oxygen atoms in total. The lowest BCUT2D eigenvalue weighted by molar-refractivity contribution is -0.0498. The predicted molar refractivity (Wildman–Crippen MR) is 56.1 cm³/mol. The summed E-state index contributed by atoms with van der Waals surface area (Å²) in [7, 11) is 0. The number of alkyl halides is 2. The van der Waals surface area contributed by atoms with Gasteiger partial charge in [-0.15, -0.1) is 0 Å². The first-order valence-corrected chi connectivity index (χ1v) is 5.25. The summed E-state index contributed by atoms with van der Waals surface area (Å²) in [6, 6.07) is 1.56. The third-order valence-corrected chi connectivity index (χ3v) is 2.42. The van der Waals surface area contributed by atoms with E-state index in [4.69, 9.17) is 0 Å². The van der Waals surface area contributed by atoms with Crippen LogP contribution in [-0.4, -0.2) is 11.6 Å².